The molecular formula is C9H11NO2. The van der Waals surface area contributed by atoms with Crippen molar-refractivity contribution < 1.29 is 9.90 Å². The first-order chi connectivity index (χ1) is 6.24. The number of aliphatic carboxylic acids is 1. The van der Waals surface area contributed by atoms with Gasteiger partial charge in [0.2, 0.25) is 0 Å². The average molecular weight is 166 g/mol. The maximum atomic E-state index is 10.8. The molecule has 3 heteroatoms. The minimum absolute atomic E-state index is 0.401. The topological polar surface area (TPSA) is 63.3 Å². The van der Waals surface area contributed by atoms with E-state index in [2.05, 4.69) is 5.11 Å². The van der Waals surface area contributed by atoms with Crippen LogP contribution >= 0.6 is 0 Å². The number of hydrogen-bond acceptors (Lipinski definition) is 3. The predicted molar refractivity (Wildman–Crippen MR) is 45.8 cm³/mol. The second-order valence-corrected chi connectivity index (χ2v) is 2.62. The zero-order chi connectivity index (χ0) is 9.68. The molecule has 0 saturated carbocycles. The van der Waals surface area contributed by atoms with Crippen LogP contribution in [0.3, 0.4) is 0 Å². The van der Waals surface area contributed by atoms with Crippen molar-refractivity contribution in [2.24, 2.45) is 5.73 Å². The Balaban J connectivity index is 2.55. The Kier molecular flexibility index (Phi) is 2.36. The van der Waals surface area contributed by atoms with Crippen molar-refractivity contribution in [2.75, 3.05) is 0 Å². The predicted octanol–water partition coefficient (Wildman–Crippen LogP) is 0.641. The normalized spacial score (nSPS) is 13.2. The Morgan fingerprint density at radius 1 is 1.58 bits per heavy atom. The van der Waals surface area contributed by atoms with E-state index in [1.807, 2.05) is 30.3 Å². The van der Waals surface area contributed by atoms with Crippen LogP contribution < -0.4 is 5.73 Å². The van der Waals surface area contributed by atoms with Gasteiger partial charge in [0.25, 0.3) is 1.43 Å². The smallest absolute Gasteiger partial charge is 0.320 e. The molecule has 0 spiro atoms. The number of hydrogen-bond donors (Lipinski definition) is 2. The summed E-state index contributed by atoms with van der Waals surface area (Å²) in [4.78, 5) is 10.8. The van der Waals surface area contributed by atoms with Crippen LogP contribution in [0.5, 0.6) is 0 Å². The van der Waals surface area contributed by atoms with Gasteiger partial charge in [-0.05, 0) is 12.0 Å². The summed E-state index contributed by atoms with van der Waals surface area (Å²) in [6, 6.07) is 8.62. The van der Waals surface area contributed by atoms with Crippen molar-refractivity contribution in [1.82, 2.24) is 0 Å². The highest BCUT2D eigenvalue weighted by molar-refractivity contribution is 5.73. The van der Waals surface area contributed by atoms with E-state index in [9.17, 15) is 4.79 Å². The highest BCUT2D eigenvalue weighted by Gasteiger charge is 2.10. The van der Waals surface area contributed by atoms with E-state index in [-0.39, 0.29) is 0 Å². The highest BCUT2D eigenvalue weighted by atomic mass is 16.4. The van der Waals surface area contributed by atoms with Gasteiger partial charge in [0, 0.05) is 0 Å². The molecule has 0 aliphatic carbocycles. The number of benzene rings is 1. The summed E-state index contributed by atoms with van der Waals surface area (Å²) in [6.45, 7) is 0. The summed E-state index contributed by atoms with van der Waals surface area (Å²) in [5.74, 6) is -0.705. The van der Waals surface area contributed by atoms with Crippen LogP contribution in [0.25, 0.3) is 1.43 Å². The number of carboxylic acids is 1. The minimum atomic E-state index is -0.750. The summed E-state index contributed by atoms with van der Waals surface area (Å²) < 4.78 is 6.38. The van der Waals surface area contributed by atoms with E-state index in [4.69, 9.17) is 7.16 Å². The molecule has 0 amide bonds. The van der Waals surface area contributed by atoms with Crippen LogP contribution in [0, 0.1) is 0 Å². The van der Waals surface area contributed by atoms with E-state index in [1.165, 1.54) is 0 Å². The standard InChI is InChI=1S/C9H11NO2/c10-8(9(11)12)6-7-4-2-1-3-5-7/h1-5,8H,6,10H2,(H,11,12)/i/hD. The first-order valence-electron chi connectivity index (χ1n) is 4.11. The molecule has 1 unspecified atom stereocenters. The number of rotatable bonds is 3. The van der Waals surface area contributed by atoms with E-state index in [0.717, 1.165) is 5.56 Å². The van der Waals surface area contributed by atoms with Crippen LogP contribution in [-0.4, -0.2) is 17.1 Å². The second-order valence-electron chi connectivity index (χ2n) is 2.62. The molecule has 0 radical (unpaired) electrons. The van der Waals surface area contributed by atoms with Gasteiger partial charge in [-0.2, -0.15) is 0 Å². The zero-order valence-corrected chi connectivity index (χ0v) is 6.57. The third-order valence-electron chi connectivity index (χ3n) is 1.60. The lowest BCUT2D eigenvalue weighted by atomic mass is 10.1. The third-order valence-corrected chi connectivity index (χ3v) is 1.60. The summed E-state index contributed by atoms with van der Waals surface area (Å²) in [5.41, 5.74) is 6.42. The van der Waals surface area contributed by atoms with E-state index < -0.39 is 12.0 Å². The Hall–Kier alpha value is -1.35. The van der Waals surface area contributed by atoms with Gasteiger partial charge >= 0.3 is 5.97 Å². The zero-order valence-electron chi connectivity index (χ0n) is 7.57. The molecule has 0 bridgehead atoms. The number of carboxylic acid groups (broad SMARTS) is 1. The van der Waals surface area contributed by atoms with Crippen LogP contribution in [0.2, 0.25) is 0 Å². The summed E-state index contributed by atoms with van der Waals surface area (Å²) in [7, 11) is 0. The Labute approximate surface area is 72.3 Å². The lowest BCUT2D eigenvalue weighted by molar-refractivity contribution is -0.138. The molecule has 0 aliphatic rings. The second kappa shape index (κ2) is 3.88. The third kappa shape index (κ3) is 2.36. The van der Waals surface area contributed by atoms with Gasteiger partial charge in [-0.15, -0.1) is 0 Å². The Morgan fingerprint density at radius 3 is 2.83 bits per heavy atom. The van der Waals surface area contributed by atoms with Gasteiger partial charge in [-0.1, -0.05) is 30.3 Å². The van der Waals surface area contributed by atoms with Crippen molar-refractivity contribution in [3.63, 3.8) is 0 Å². The van der Waals surface area contributed by atoms with Crippen molar-refractivity contribution >= 4 is 5.97 Å². The fourth-order valence-corrected chi connectivity index (χ4v) is 0.951. The Bertz CT molecular complexity index is 276. The van der Waals surface area contributed by atoms with Crippen LogP contribution in [0.1, 0.15) is 5.56 Å². The molecule has 1 aromatic rings. The van der Waals surface area contributed by atoms with Crippen molar-refractivity contribution in [3.05, 3.63) is 35.9 Å². The number of carbonyl (C=O) groups is 1. The fraction of sp³-hybridized carbons (Fsp3) is 0.222. The molecule has 0 saturated heterocycles. The monoisotopic (exact) mass is 166 g/mol. The molecule has 64 valence electrons. The largest absolute Gasteiger partial charge is 0.480 e. The summed E-state index contributed by atoms with van der Waals surface area (Å²) in [5, 5.41) is 3.77. The van der Waals surface area contributed by atoms with Gasteiger partial charge in [-0.3, -0.25) is 4.79 Å². The Morgan fingerprint density at radius 2 is 2.25 bits per heavy atom. The lowest BCUT2D eigenvalue weighted by Crippen LogP contribution is -2.32. The van der Waals surface area contributed by atoms with Crippen LogP contribution in [-0.2, 0) is 11.2 Å². The molecule has 1 rings (SSSR count). The maximum Gasteiger partial charge on any atom is 0.320 e. The quantitative estimate of drug-likeness (QED) is 0.692. The van der Waals surface area contributed by atoms with Gasteiger partial charge in [-0.25, -0.2) is 0 Å². The van der Waals surface area contributed by atoms with E-state index in [0.29, 0.717) is 6.42 Å². The first kappa shape index (κ1) is 7.31. The molecular weight excluding hydrogens is 154 g/mol. The molecule has 3 N–H and O–H groups in total. The molecule has 1 aromatic carbocycles. The SMILES string of the molecule is [2H]OC(=O)C(N)Cc1ccccc1. The van der Waals surface area contributed by atoms with Crippen molar-refractivity contribution in [2.45, 2.75) is 12.5 Å². The van der Waals surface area contributed by atoms with Gasteiger partial charge in [0.05, 0.1) is 0 Å². The first-order valence-corrected chi connectivity index (χ1v) is 3.70. The van der Waals surface area contributed by atoms with Crippen LogP contribution in [0.15, 0.2) is 30.3 Å². The van der Waals surface area contributed by atoms with E-state index in [1.54, 1.807) is 0 Å². The fourth-order valence-electron chi connectivity index (χ4n) is 0.951. The van der Waals surface area contributed by atoms with Gasteiger partial charge in [0.1, 0.15) is 6.04 Å². The maximum absolute atomic E-state index is 10.8. The summed E-state index contributed by atoms with van der Waals surface area (Å²) in [6.07, 6.45) is 0.401. The molecule has 0 aliphatic heterocycles. The minimum Gasteiger partial charge on any atom is -0.480 e. The molecule has 12 heavy (non-hydrogen) atoms. The summed E-state index contributed by atoms with van der Waals surface area (Å²) >= 11 is 0. The van der Waals surface area contributed by atoms with E-state index >= 15 is 0 Å². The molecule has 0 heterocycles. The van der Waals surface area contributed by atoms with Gasteiger partial charge in [0.15, 0.2) is 0 Å². The van der Waals surface area contributed by atoms with Crippen LogP contribution in [0.4, 0.5) is 0 Å². The molecule has 0 aromatic heterocycles. The number of nitrogens with two attached hydrogens (primary N) is 1. The van der Waals surface area contributed by atoms with Gasteiger partial charge < -0.3 is 10.8 Å². The van der Waals surface area contributed by atoms with Crippen molar-refractivity contribution in [3.8, 4) is 0 Å². The molecule has 1 atom stereocenters. The highest BCUT2D eigenvalue weighted by Crippen LogP contribution is 2.01. The molecule has 0 fully saturated rings. The van der Waals surface area contributed by atoms with Crippen molar-refractivity contribution in [1.29, 1.82) is 1.43 Å². The average Bonchev–Trinajstić information content (AvgIpc) is 2.18. The molecule has 3 nitrogen and oxygen atoms in total. The lowest BCUT2D eigenvalue weighted by Gasteiger charge is -2.04.